The van der Waals surface area contributed by atoms with Crippen molar-refractivity contribution in [2.45, 2.75) is 38.8 Å². The van der Waals surface area contributed by atoms with E-state index in [0.29, 0.717) is 35.1 Å². The maximum absolute atomic E-state index is 13.6. The summed E-state index contributed by atoms with van der Waals surface area (Å²) in [4.78, 5) is 15.4. The molecule has 1 atom stereocenters. The maximum atomic E-state index is 13.6. The number of phenols is 1. The second-order valence-electron chi connectivity index (χ2n) is 8.96. The van der Waals surface area contributed by atoms with Crippen molar-refractivity contribution in [3.05, 3.63) is 100 Å². The number of fused-ring (bicyclic) bond motifs is 1. The molecule has 6 nitrogen and oxygen atoms in total. The maximum Gasteiger partial charge on any atom is 0.273 e. The number of phenolic OH excluding ortho intramolecular Hbond substituents is 1. The fraction of sp³-hybridized carbons (Fsp3) is 0.241. The summed E-state index contributed by atoms with van der Waals surface area (Å²) in [5, 5.41) is 18.6. The second-order valence-corrected chi connectivity index (χ2v) is 9.40. The summed E-state index contributed by atoms with van der Waals surface area (Å²) in [6.45, 7) is 3.25. The third-order valence-corrected chi connectivity index (χ3v) is 6.75. The molecule has 2 heterocycles. The average molecular weight is 502 g/mol. The molecule has 1 aliphatic heterocycles. The standard InChI is InChI=1S/C29H28ClN3O3/c1-2-3-6-17-36-22-15-11-20(12-16-22)28-25-26(23-7-4-5-8-24(23)34)31-32-27(25)29(35)33(28)18-19-9-13-21(30)14-10-19/h4-5,7-16,28,34H,2-3,6,17-18H2,1H3,(H,31,32). The van der Waals surface area contributed by atoms with Crippen molar-refractivity contribution in [2.75, 3.05) is 6.61 Å². The summed E-state index contributed by atoms with van der Waals surface area (Å²) in [6, 6.07) is 22.1. The molecule has 0 bridgehead atoms. The highest BCUT2D eigenvalue weighted by atomic mass is 35.5. The number of aromatic amines is 1. The van der Waals surface area contributed by atoms with Crippen LogP contribution in [0.2, 0.25) is 5.02 Å². The van der Waals surface area contributed by atoms with Crippen molar-refractivity contribution < 1.29 is 14.6 Å². The molecule has 36 heavy (non-hydrogen) atoms. The predicted octanol–water partition coefficient (Wildman–Crippen LogP) is 6.75. The van der Waals surface area contributed by atoms with E-state index in [-0.39, 0.29) is 17.7 Å². The van der Waals surface area contributed by atoms with E-state index in [4.69, 9.17) is 16.3 Å². The molecular formula is C29H28ClN3O3. The smallest absolute Gasteiger partial charge is 0.273 e. The monoisotopic (exact) mass is 501 g/mol. The fourth-order valence-electron chi connectivity index (χ4n) is 4.66. The van der Waals surface area contributed by atoms with Crippen LogP contribution in [-0.4, -0.2) is 32.7 Å². The molecule has 7 heteroatoms. The molecule has 3 aromatic carbocycles. The lowest BCUT2D eigenvalue weighted by Gasteiger charge is -2.27. The zero-order chi connectivity index (χ0) is 25.1. The van der Waals surface area contributed by atoms with Gasteiger partial charge < -0.3 is 14.7 Å². The van der Waals surface area contributed by atoms with Gasteiger partial charge >= 0.3 is 0 Å². The molecule has 184 valence electrons. The number of H-pyrrole nitrogens is 1. The molecule has 1 amide bonds. The van der Waals surface area contributed by atoms with Crippen LogP contribution >= 0.6 is 11.6 Å². The number of ether oxygens (including phenoxy) is 1. The summed E-state index contributed by atoms with van der Waals surface area (Å²) in [5.74, 6) is 0.778. The lowest BCUT2D eigenvalue weighted by molar-refractivity contribution is 0.0730. The second kappa shape index (κ2) is 10.5. The highest BCUT2D eigenvalue weighted by Crippen LogP contribution is 2.45. The van der Waals surface area contributed by atoms with Gasteiger partial charge in [-0.15, -0.1) is 0 Å². The van der Waals surface area contributed by atoms with Gasteiger partial charge in [0.05, 0.1) is 12.6 Å². The molecule has 4 aromatic rings. The van der Waals surface area contributed by atoms with Crippen molar-refractivity contribution in [2.24, 2.45) is 0 Å². The summed E-state index contributed by atoms with van der Waals surface area (Å²) < 4.78 is 5.90. The minimum absolute atomic E-state index is 0.116. The van der Waals surface area contributed by atoms with Gasteiger partial charge in [-0.1, -0.05) is 67.8 Å². The van der Waals surface area contributed by atoms with Crippen molar-refractivity contribution in [3.8, 4) is 22.8 Å². The molecule has 1 aromatic heterocycles. The Morgan fingerprint density at radius 2 is 1.78 bits per heavy atom. The van der Waals surface area contributed by atoms with Crippen LogP contribution in [0.15, 0.2) is 72.8 Å². The van der Waals surface area contributed by atoms with Crippen molar-refractivity contribution >= 4 is 17.5 Å². The Morgan fingerprint density at radius 1 is 1.03 bits per heavy atom. The number of halogens is 1. The van der Waals surface area contributed by atoms with Crippen molar-refractivity contribution in [1.82, 2.24) is 15.1 Å². The molecular weight excluding hydrogens is 474 g/mol. The van der Waals surface area contributed by atoms with E-state index < -0.39 is 0 Å². The van der Waals surface area contributed by atoms with Crippen LogP contribution in [0.1, 0.15) is 59.4 Å². The number of unbranched alkanes of at least 4 members (excludes halogenated alkanes) is 2. The minimum Gasteiger partial charge on any atom is -0.507 e. The number of aromatic nitrogens is 2. The minimum atomic E-state index is -0.384. The van der Waals surface area contributed by atoms with Gasteiger partial charge in [0.2, 0.25) is 0 Å². The number of nitrogens with one attached hydrogen (secondary N) is 1. The van der Waals surface area contributed by atoms with Crippen LogP contribution in [-0.2, 0) is 6.54 Å². The van der Waals surface area contributed by atoms with Crippen LogP contribution in [0.3, 0.4) is 0 Å². The third kappa shape index (κ3) is 4.69. The van der Waals surface area contributed by atoms with Crippen molar-refractivity contribution in [1.29, 1.82) is 0 Å². The van der Waals surface area contributed by atoms with Gasteiger partial charge in [-0.2, -0.15) is 5.10 Å². The van der Waals surface area contributed by atoms with Gasteiger partial charge in [0.25, 0.3) is 5.91 Å². The fourth-order valence-corrected chi connectivity index (χ4v) is 4.79. The zero-order valence-corrected chi connectivity index (χ0v) is 20.8. The Morgan fingerprint density at radius 3 is 2.50 bits per heavy atom. The average Bonchev–Trinajstić information content (AvgIpc) is 3.43. The van der Waals surface area contributed by atoms with Crippen LogP contribution in [0, 0.1) is 0 Å². The van der Waals surface area contributed by atoms with Crippen LogP contribution < -0.4 is 4.74 Å². The summed E-state index contributed by atoms with van der Waals surface area (Å²) >= 11 is 6.08. The van der Waals surface area contributed by atoms with E-state index in [9.17, 15) is 9.90 Å². The van der Waals surface area contributed by atoms with Gasteiger partial charge in [-0.05, 0) is 53.9 Å². The molecule has 0 saturated heterocycles. The Balaban J connectivity index is 1.53. The SMILES string of the molecule is CCCCCOc1ccc(C2c3c(-c4ccccc4O)n[nH]c3C(=O)N2Cc2ccc(Cl)cc2)cc1. The van der Waals surface area contributed by atoms with E-state index in [0.717, 1.165) is 41.7 Å². The highest BCUT2D eigenvalue weighted by molar-refractivity contribution is 6.30. The summed E-state index contributed by atoms with van der Waals surface area (Å²) in [7, 11) is 0. The highest BCUT2D eigenvalue weighted by Gasteiger charge is 2.42. The number of benzene rings is 3. The first kappa shape index (κ1) is 23.9. The molecule has 2 N–H and O–H groups in total. The number of hydrogen-bond acceptors (Lipinski definition) is 4. The first-order chi connectivity index (χ1) is 17.6. The Labute approximate surface area is 215 Å². The zero-order valence-electron chi connectivity index (χ0n) is 20.1. The molecule has 5 rings (SSSR count). The van der Waals surface area contributed by atoms with Gasteiger partial charge in [0.15, 0.2) is 0 Å². The van der Waals surface area contributed by atoms with Crippen LogP contribution in [0.25, 0.3) is 11.3 Å². The van der Waals surface area contributed by atoms with Crippen LogP contribution in [0.4, 0.5) is 0 Å². The molecule has 0 saturated carbocycles. The van der Waals surface area contributed by atoms with Gasteiger partial charge in [-0.25, -0.2) is 0 Å². The van der Waals surface area contributed by atoms with Gasteiger partial charge in [0, 0.05) is 22.7 Å². The molecule has 0 radical (unpaired) electrons. The molecule has 0 spiro atoms. The number of aromatic hydroxyl groups is 1. The number of carbonyl (C=O) groups is 1. The lowest BCUT2D eigenvalue weighted by Crippen LogP contribution is -2.29. The first-order valence-electron chi connectivity index (χ1n) is 12.2. The topological polar surface area (TPSA) is 78.5 Å². The van der Waals surface area contributed by atoms with E-state index >= 15 is 0 Å². The van der Waals surface area contributed by atoms with E-state index in [1.807, 2.05) is 65.6 Å². The predicted molar refractivity (Wildman–Crippen MR) is 140 cm³/mol. The van der Waals surface area contributed by atoms with Gasteiger partial charge in [0.1, 0.15) is 22.9 Å². The summed E-state index contributed by atoms with van der Waals surface area (Å²) in [5.41, 5.74) is 4.25. The quantitative estimate of drug-likeness (QED) is 0.249. The number of para-hydroxylation sites is 1. The Hall–Kier alpha value is -3.77. The van der Waals surface area contributed by atoms with E-state index in [1.165, 1.54) is 0 Å². The van der Waals surface area contributed by atoms with E-state index in [2.05, 4.69) is 17.1 Å². The lowest BCUT2D eigenvalue weighted by atomic mass is 9.95. The molecule has 1 unspecified atom stereocenters. The molecule has 0 fully saturated rings. The summed E-state index contributed by atoms with van der Waals surface area (Å²) in [6.07, 6.45) is 3.31. The normalized spacial score (nSPS) is 14.8. The number of hydrogen-bond donors (Lipinski definition) is 2. The number of carbonyl (C=O) groups excluding carboxylic acids is 1. The molecule has 0 aliphatic carbocycles. The first-order valence-corrected chi connectivity index (χ1v) is 12.6. The molecule has 1 aliphatic rings. The van der Waals surface area contributed by atoms with E-state index in [1.54, 1.807) is 12.1 Å². The Bertz CT molecular complexity index is 1350. The van der Waals surface area contributed by atoms with Crippen LogP contribution in [0.5, 0.6) is 11.5 Å². The third-order valence-electron chi connectivity index (χ3n) is 6.50. The van der Waals surface area contributed by atoms with Gasteiger partial charge in [-0.3, -0.25) is 9.89 Å². The largest absolute Gasteiger partial charge is 0.507 e. The Kier molecular flexibility index (Phi) is 6.96. The number of nitrogens with zero attached hydrogens (tertiary/aromatic N) is 2. The number of amides is 1. The number of rotatable bonds is 9. The van der Waals surface area contributed by atoms with Crippen molar-refractivity contribution in [3.63, 3.8) is 0 Å².